The van der Waals surface area contributed by atoms with E-state index in [0.717, 1.165) is 0 Å². The van der Waals surface area contributed by atoms with Gasteiger partial charge in [0.1, 0.15) is 5.76 Å². The van der Waals surface area contributed by atoms with Crippen molar-refractivity contribution in [2.75, 3.05) is 13.7 Å². The summed E-state index contributed by atoms with van der Waals surface area (Å²) in [6.07, 6.45) is -0.536. The van der Waals surface area contributed by atoms with E-state index >= 15 is 0 Å². The van der Waals surface area contributed by atoms with Gasteiger partial charge in [0.25, 0.3) is 5.91 Å². The largest absolute Gasteiger partial charge is 0.493 e. The summed E-state index contributed by atoms with van der Waals surface area (Å²) in [7, 11) is 1.49. The van der Waals surface area contributed by atoms with Crippen LogP contribution in [-0.4, -0.2) is 30.8 Å². The van der Waals surface area contributed by atoms with Gasteiger partial charge < -0.3 is 24.7 Å². The van der Waals surface area contributed by atoms with Crippen LogP contribution >= 0.6 is 0 Å². The van der Waals surface area contributed by atoms with Gasteiger partial charge in [-0.05, 0) is 30.7 Å². The number of rotatable bonds is 7. The van der Waals surface area contributed by atoms with Crippen molar-refractivity contribution < 1.29 is 23.8 Å². The molecule has 28 heavy (non-hydrogen) atoms. The minimum Gasteiger partial charge on any atom is -0.493 e. The number of carbonyl (C=O) groups excluding carboxylic acids is 1. The molecule has 0 fully saturated rings. The molecule has 0 bridgehead atoms. The molecule has 0 saturated carbocycles. The van der Waals surface area contributed by atoms with Gasteiger partial charge in [0.15, 0.2) is 18.1 Å². The van der Waals surface area contributed by atoms with Crippen LogP contribution in [-0.2, 0) is 11.2 Å². The smallest absolute Gasteiger partial charge is 0.343 e. The van der Waals surface area contributed by atoms with E-state index in [0.29, 0.717) is 39.2 Å². The summed E-state index contributed by atoms with van der Waals surface area (Å²) in [5, 5.41) is 11.0. The van der Waals surface area contributed by atoms with Crippen molar-refractivity contribution in [3.05, 3.63) is 58.6 Å². The molecule has 0 saturated heterocycles. The summed E-state index contributed by atoms with van der Waals surface area (Å²) >= 11 is 0. The Morgan fingerprint density at radius 3 is 2.54 bits per heavy atom. The molecule has 1 heterocycles. The number of hydrogen-bond donors (Lipinski definition) is 2. The lowest BCUT2D eigenvalue weighted by Crippen LogP contribution is -2.20. The molecule has 0 aliphatic rings. The number of ether oxygens (including phenoxy) is 2. The molecule has 1 atom stereocenters. The Morgan fingerprint density at radius 1 is 1.18 bits per heavy atom. The molecule has 1 amide bonds. The summed E-state index contributed by atoms with van der Waals surface area (Å²) in [5.41, 5.74) is 6.06. The summed E-state index contributed by atoms with van der Waals surface area (Å²) < 4.78 is 16.3. The van der Waals surface area contributed by atoms with Gasteiger partial charge in [0.05, 0.1) is 18.6 Å². The summed E-state index contributed by atoms with van der Waals surface area (Å²) in [5.74, 6) is 0.518. The first kappa shape index (κ1) is 19.4. The summed E-state index contributed by atoms with van der Waals surface area (Å²) in [4.78, 5) is 23.5. The van der Waals surface area contributed by atoms with E-state index < -0.39 is 17.6 Å². The van der Waals surface area contributed by atoms with Crippen molar-refractivity contribution in [3.63, 3.8) is 0 Å². The zero-order valence-electron chi connectivity index (χ0n) is 15.6. The Kier molecular flexibility index (Phi) is 5.65. The molecule has 0 radical (unpaired) electrons. The maximum absolute atomic E-state index is 12.4. The number of benzene rings is 2. The Morgan fingerprint density at radius 2 is 1.89 bits per heavy atom. The van der Waals surface area contributed by atoms with Gasteiger partial charge in [0, 0.05) is 17.4 Å². The Hall–Kier alpha value is -3.32. The fourth-order valence-electron chi connectivity index (χ4n) is 3.07. The van der Waals surface area contributed by atoms with Crippen LogP contribution in [0.5, 0.6) is 11.5 Å². The molecule has 7 heteroatoms. The molecule has 7 nitrogen and oxygen atoms in total. The van der Waals surface area contributed by atoms with Gasteiger partial charge in [-0.15, -0.1) is 0 Å². The molecule has 1 unspecified atom stereocenters. The van der Waals surface area contributed by atoms with Crippen molar-refractivity contribution in [3.8, 4) is 22.6 Å². The lowest BCUT2D eigenvalue weighted by Gasteiger charge is -2.15. The topological polar surface area (TPSA) is 112 Å². The molecule has 0 aliphatic carbocycles. The van der Waals surface area contributed by atoms with Crippen LogP contribution in [0.3, 0.4) is 0 Å². The molecule has 0 spiro atoms. The van der Waals surface area contributed by atoms with E-state index in [1.807, 2.05) is 12.1 Å². The minimum absolute atomic E-state index is 0.166. The Labute approximate surface area is 161 Å². The maximum atomic E-state index is 12.4. The van der Waals surface area contributed by atoms with E-state index in [4.69, 9.17) is 19.6 Å². The first-order chi connectivity index (χ1) is 13.4. The zero-order valence-corrected chi connectivity index (χ0v) is 15.6. The van der Waals surface area contributed by atoms with E-state index in [1.54, 1.807) is 37.3 Å². The number of methoxy groups -OCH3 is 1. The Balaban J connectivity index is 2.24. The summed E-state index contributed by atoms with van der Waals surface area (Å²) in [6, 6.07) is 12.3. The van der Waals surface area contributed by atoms with Crippen molar-refractivity contribution in [1.29, 1.82) is 0 Å². The monoisotopic (exact) mass is 383 g/mol. The van der Waals surface area contributed by atoms with Crippen molar-refractivity contribution >= 4 is 16.7 Å². The van der Waals surface area contributed by atoms with E-state index in [1.165, 1.54) is 7.11 Å². The maximum Gasteiger partial charge on any atom is 0.343 e. The molecular formula is C21H21NO6. The quantitative estimate of drug-likeness (QED) is 0.647. The van der Waals surface area contributed by atoms with Crippen molar-refractivity contribution in [1.82, 2.24) is 0 Å². The highest BCUT2D eigenvalue weighted by Gasteiger charge is 2.18. The average molecular weight is 383 g/mol. The lowest BCUT2D eigenvalue weighted by atomic mass is 9.96. The lowest BCUT2D eigenvalue weighted by molar-refractivity contribution is -0.119. The third kappa shape index (κ3) is 3.99. The Bertz CT molecular complexity index is 1070. The number of aliphatic hydroxyl groups excluding tert-OH is 1. The van der Waals surface area contributed by atoms with Gasteiger partial charge in [-0.25, -0.2) is 4.79 Å². The second-order valence-corrected chi connectivity index (χ2v) is 6.41. The fraction of sp³-hybridized carbons (Fsp3) is 0.238. The van der Waals surface area contributed by atoms with Gasteiger partial charge in [-0.3, -0.25) is 4.79 Å². The SMILES string of the molecule is COc1ccc(-c2c(CC(C)O)oc(=O)c3ccccc23)cc1OCC(N)=O. The second kappa shape index (κ2) is 8.14. The normalized spacial score (nSPS) is 12.0. The minimum atomic E-state index is -0.702. The van der Waals surface area contributed by atoms with E-state index in [-0.39, 0.29) is 13.0 Å². The molecule has 146 valence electrons. The number of nitrogens with two attached hydrogens (primary N) is 1. The van der Waals surface area contributed by atoms with Crippen LogP contribution in [0.4, 0.5) is 0 Å². The van der Waals surface area contributed by atoms with E-state index in [9.17, 15) is 14.7 Å². The van der Waals surface area contributed by atoms with E-state index in [2.05, 4.69) is 0 Å². The number of carbonyl (C=O) groups is 1. The zero-order chi connectivity index (χ0) is 20.3. The highest BCUT2D eigenvalue weighted by molar-refractivity contribution is 5.97. The standard InChI is InChI=1S/C21H21NO6/c1-12(23)9-18-20(14-5-3-4-6-15(14)21(25)28-18)13-7-8-16(26-2)17(10-13)27-11-19(22)24/h3-8,10,12,23H,9,11H2,1-2H3,(H2,22,24). The van der Waals surface area contributed by atoms with Crippen LogP contribution in [0.2, 0.25) is 0 Å². The highest BCUT2D eigenvalue weighted by atomic mass is 16.5. The van der Waals surface area contributed by atoms with Gasteiger partial charge in [-0.2, -0.15) is 0 Å². The third-order valence-corrected chi connectivity index (χ3v) is 4.21. The molecule has 0 aliphatic heterocycles. The molecule has 2 aromatic carbocycles. The predicted molar refractivity (Wildman–Crippen MR) is 105 cm³/mol. The van der Waals surface area contributed by atoms with Crippen LogP contribution in [0.25, 0.3) is 21.9 Å². The first-order valence-electron chi connectivity index (χ1n) is 8.73. The summed E-state index contributed by atoms with van der Waals surface area (Å²) in [6.45, 7) is 1.32. The third-order valence-electron chi connectivity index (χ3n) is 4.21. The highest BCUT2D eigenvalue weighted by Crippen LogP contribution is 2.37. The molecule has 3 aromatic rings. The van der Waals surface area contributed by atoms with Gasteiger partial charge in [-0.1, -0.05) is 24.3 Å². The van der Waals surface area contributed by atoms with Crippen LogP contribution in [0.15, 0.2) is 51.7 Å². The van der Waals surface area contributed by atoms with Crippen molar-refractivity contribution in [2.24, 2.45) is 5.73 Å². The molecular weight excluding hydrogens is 362 g/mol. The van der Waals surface area contributed by atoms with Gasteiger partial charge in [0.2, 0.25) is 0 Å². The van der Waals surface area contributed by atoms with Crippen LogP contribution < -0.4 is 20.8 Å². The number of hydrogen-bond acceptors (Lipinski definition) is 6. The predicted octanol–water partition coefficient (Wildman–Crippen LogP) is 2.26. The molecule has 3 N–H and O–H groups in total. The number of primary amides is 1. The van der Waals surface area contributed by atoms with Crippen LogP contribution in [0, 0.1) is 0 Å². The number of fused-ring (bicyclic) bond motifs is 1. The average Bonchev–Trinajstić information content (AvgIpc) is 2.66. The number of amides is 1. The molecule has 1 aromatic heterocycles. The van der Waals surface area contributed by atoms with Gasteiger partial charge >= 0.3 is 5.63 Å². The molecule has 3 rings (SSSR count). The van der Waals surface area contributed by atoms with Crippen molar-refractivity contribution in [2.45, 2.75) is 19.4 Å². The number of aliphatic hydroxyl groups is 1. The fourth-order valence-corrected chi connectivity index (χ4v) is 3.07. The van der Waals surface area contributed by atoms with Crippen LogP contribution in [0.1, 0.15) is 12.7 Å². The second-order valence-electron chi connectivity index (χ2n) is 6.41. The first-order valence-corrected chi connectivity index (χ1v) is 8.73.